The predicted octanol–water partition coefficient (Wildman–Crippen LogP) is 3.00. The van der Waals surface area contributed by atoms with Crippen LogP contribution in [0.1, 0.15) is 52.9 Å². The highest BCUT2D eigenvalue weighted by Crippen LogP contribution is 2.25. The molecule has 1 aliphatic rings. The van der Waals surface area contributed by atoms with Crippen LogP contribution in [0.5, 0.6) is 0 Å². The molecular formula is C16H26NO3. The molecule has 113 valence electrons. The molecule has 4 heteroatoms. The lowest BCUT2D eigenvalue weighted by atomic mass is 9.84. The Morgan fingerprint density at radius 1 is 1.30 bits per heavy atom. The van der Waals surface area contributed by atoms with E-state index < -0.39 is 12.0 Å². The summed E-state index contributed by atoms with van der Waals surface area (Å²) >= 11 is 0. The second-order valence-electron chi connectivity index (χ2n) is 6.70. The molecule has 0 unspecified atom stereocenters. The average molecular weight is 280 g/mol. The molecule has 0 heterocycles. The van der Waals surface area contributed by atoms with Crippen molar-refractivity contribution in [2.24, 2.45) is 16.3 Å². The first-order valence-corrected chi connectivity index (χ1v) is 7.36. The number of ketones is 1. The normalized spacial score (nSPS) is 19.0. The van der Waals surface area contributed by atoms with Crippen molar-refractivity contribution >= 4 is 18.0 Å². The molecule has 4 nitrogen and oxygen atoms in total. The number of carbonyl (C=O) groups is 2. The molecule has 1 atom stereocenters. The van der Waals surface area contributed by atoms with Crippen molar-refractivity contribution in [3.8, 4) is 0 Å². The number of hydrogen-bond donors (Lipinski definition) is 0. The van der Waals surface area contributed by atoms with Gasteiger partial charge in [-0.15, -0.1) is 0 Å². The van der Waals surface area contributed by atoms with Gasteiger partial charge in [0.2, 0.25) is 0 Å². The molecule has 0 bridgehead atoms. The van der Waals surface area contributed by atoms with Gasteiger partial charge in [0.25, 0.3) is 0 Å². The summed E-state index contributed by atoms with van der Waals surface area (Å²) in [7, 11) is 0. The van der Waals surface area contributed by atoms with Crippen LogP contribution in [0.4, 0.5) is 0 Å². The van der Waals surface area contributed by atoms with E-state index >= 15 is 0 Å². The van der Waals surface area contributed by atoms with Crippen LogP contribution in [0, 0.1) is 18.3 Å². The lowest BCUT2D eigenvalue weighted by molar-refractivity contribution is -0.137. The molecule has 1 saturated carbocycles. The zero-order chi connectivity index (χ0) is 15.2. The summed E-state index contributed by atoms with van der Waals surface area (Å²) in [4.78, 5) is 27.5. The number of nitrogens with zero attached hydrogens (tertiary/aromatic N) is 1. The molecule has 0 aromatic carbocycles. The van der Waals surface area contributed by atoms with Crippen molar-refractivity contribution in [1.29, 1.82) is 0 Å². The Morgan fingerprint density at radius 3 is 2.45 bits per heavy atom. The first-order valence-electron chi connectivity index (χ1n) is 7.36. The lowest BCUT2D eigenvalue weighted by Gasteiger charge is -2.21. The summed E-state index contributed by atoms with van der Waals surface area (Å²) < 4.78 is 5.05. The maximum absolute atomic E-state index is 12.1. The number of hydrogen-bond acceptors (Lipinski definition) is 4. The van der Waals surface area contributed by atoms with Gasteiger partial charge in [0.1, 0.15) is 12.3 Å². The lowest BCUT2D eigenvalue weighted by Crippen LogP contribution is -2.27. The van der Waals surface area contributed by atoms with Crippen molar-refractivity contribution in [3.05, 3.63) is 6.92 Å². The molecule has 0 spiro atoms. The highest BCUT2D eigenvalue weighted by Gasteiger charge is 2.25. The Bertz CT molecular complexity index is 362. The summed E-state index contributed by atoms with van der Waals surface area (Å²) in [5.41, 5.74) is -0.0781. The molecule has 20 heavy (non-hydrogen) atoms. The molecule has 1 aliphatic carbocycles. The number of carbonyl (C=O) groups excluding carboxylic acids is 2. The summed E-state index contributed by atoms with van der Waals surface area (Å²) in [6.45, 7) is 10.0. The fourth-order valence-corrected chi connectivity index (χ4v) is 2.21. The fraction of sp³-hybridized carbons (Fsp3) is 0.750. The molecule has 1 rings (SSSR count). The van der Waals surface area contributed by atoms with Crippen LogP contribution in [-0.4, -0.2) is 30.6 Å². The largest absolute Gasteiger partial charge is 0.461 e. The van der Waals surface area contributed by atoms with E-state index in [0.717, 1.165) is 31.9 Å². The molecule has 0 N–H and O–H groups in total. The van der Waals surface area contributed by atoms with Crippen molar-refractivity contribution in [2.45, 2.75) is 58.9 Å². The Hall–Kier alpha value is -1.19. The molecule has 1 fully saturated rings. The first kappa shape index (κ1) is 16.9. The van der Waals surface area contributed by atoms with Gasteiger partial charge in [-0.05, 0) is 25.2 Å². The van der Waals surface area contributed by atoms with E-state index in [2.05, 4.69) is 11.9 Å². The van der Waals surface area contributed by atoms with E-state index in [0.29, 0.717) is 6.61 Å². The van der Waals surface area contributed by atoms with Crippen molar-refractivity contribution in [1.82, 2.24) is 0 Å². The molecule has 1 radical (unpaired) electrons. The molecule has 0 aromatic rings. The van der Waals surface area contributed by atoms with Gasteiger partial charge >= 0.3 is 5.97 Å². The van der Waals surface area contributed by atoms with Crippen LogP contribution >= 0.6 is 0 Å². The zero-order valence-electron chi connectivity index (χ0n) is 12.9. The minimum absolute atomic E-state index is 0.0459. The second-order valence-corrected chi connectivity index (χ2v) is 6.70. The average Bonchev–Trinajstić information content (AvgIpc) is 2.41. The SMILES string of the molecule is [CH2][C@H](N=CC(=O)OCC(C)(C)C)C(=O)C1CCCCC1. The van der Waals surface area contributed by atoms with Gasteiger partial charge < -0.3 is 4.74 Å². The van der Waals surface area contributed by atoms with Crippen molar-refractivity contribution in [2.75, 3.05) is 6.61 Å². The minimum atomic E-state index is -0.694. The number of Topliss-reactive ketones (excluding diaryl/α,β-unsaturated/α-hetero) is 1. The highest BCUT2D eigenvalue weighted by atomic mass is 16.5. The standard InChI is InChI=1S/C16H26NO3/c1-12(15(19)13-8-6-5-7-9-13)17-10-14(18)20-11-16(2,3)4/h10,12-13H,1,5-9,11H2,2-4H3/t12-/m0/s1. The van der Waals surface area contributed by atoms with Gasteiger partial charge in [-0.3, -0.25) is 9.79 Å². The molecule has 0 aliphatic heterocycles. The maximum atomic E-state index is 12.1. The third-order valence-electron chi connectivity index (χ3n) is 3.34. The van der Waals surface area contributed by atoms with Gasteiger partial charge in [-0.25, -0.2) is 4.79 Å². The Labute approximate surface area is 122 Å². The highest BCUT2D eigenvalue weighted by molar-refractivity contribution is 6.23. The monoisotopic (exact) mass is 280 g/mol. The fourth-order valence-electron chi connectivity index (χ4n) is 2.21. The van der Waals surface area contributed by atoms with E-state index in [4.69, 9.17) is 4.74 Å². The predicted molar refractivity (Wildman–Crippen MR) is 79.6 cm³/mol. The van der Waals surface area contributed by atoms with Gasteiger partial charge in [0.05, 0.1) is 6.61 Å². The van der Waals surface area contributed by atoms with E-state index in [1.165, 1.54) is 6.42 Å². The summed E-state index contributed by atoms with van der Waals surface area (Å²) in [5, 5.41) is 0. The minimum Gasteiger partial charge on any atom is -0.461 e. The molecular weight excluding hydrogens is 254 g/mol. The number of rotatable bonds is 5. The second kappa shape index (κ2) is 7.55. The first-order chi connectivity index (χ1) is 9.29. The van der Waals surface area contributed by atoms with Crippen LogP contribution in [0.15, 0.2) is 4.99 Å². The Kier molecular flexibility index (Phi) is 6.37. The van der Waals surface area contributed by atoms with Gasteiger partial charge in [-0.2, -0.15) is 0 Å². The van der Waals surface area contributed by atoms with Crippen LogP contribution in [0.3, 0.4) is 0 Å². The third kappa shape index (κ3) is 6.31. The number of esters is 1. The van der Waals surface area contributed by atoms with Crippen LogP contribution in [0.25, 0.3) is 0 Å². The molecule has 0 saturated heterocycles. The van der Waals surface area contributed by atoms with Gasteiger partial charge in [-0.1, -0.05) is 40.0 Å². The summed E-state index contributed by atoms with van der Waals surface area (Å²) in [6.07, 6.45) is 6.34. The van der Waals surface area contributed by atoms with Crippen LogP contribution < -0.4 is 0 Å². The molecule has 0 amide bonds. The van der Waals surface area contributed by atoms with Crippen LogP contribution in [0.2, 0.25) is 0 Å². The Balaban J connectivity index is 2.39. The van der Waals surface area contributed by atoms with Crippen molar-refractivity contribution < 1.29 is 14.3 Å². The number of ether oxygens (including phenoxy) is 1. The topological polar surface area (TPSA) is 55.7 Å². The summed E-state index contributed by atoms with van der Waals surface area (Å²) in [5.74, 6) is -0.399. The quantitative estimate of drug-likeness (QED) is 0.574. The smallest absolute Gasteiger partial charge is 0.348 e. The number of aliphatic imine (C=N–C) groups is 1. The van der Waals surface area contributed by atoms with E-state index in [-0.39, 0.29) is 17.1 Å². The van der Waals surface area contributed by atoms with E-state index in [9.17, 15) is 9.59 Å². The van der Waals surface area contributed by atoms with E-state index in [1.807, 2.05) is 20.8 Å². The van der Waals surface area contributed by atoms with Crippen molar-refractivity contribution in [3.63, 3.8) is 0 Å². The van der Waals surface area contributed by atoms with Gasteiger partial charge in [0, 0.05) is 5.92 Å². The van der Waals surface area contributed by atoms with Gasteiger partial charge in [0.15, 0.2) is 5.78 Å². The Morgan fingerprint density at radius 2 is 1.90 bits per heavy atom. The van der Waals surface area contributed by atoms with E-state index in [1.54, 1.807) is 0 Å². The third-order valence-corrected chi connectivity index (χ3v) is 3.34. The zero-order valence-corrected chi connectivity index (χ0v) is 12.9. The summed E-state index contributed by atoms with van der Waals surface area (Å²) in [6, 6.07) is -0.694. The molecule has 0 aromatic heterocycles. The van der Waals surface area contributed by atoms with Crippen LogP contribution in [-0.2, 0) is 14.3 Å². The maximum Gasteiger partial charge on any atom is 0.348 e.